The van der Waals surface area contributed by atoms with Gasteiger partial charge in [-0.15, -0.1) is 10.2 Å². The number of ether oxygens (including phenoxy) is 1. The lowest BCUT2D eigenvalue weighted by Crippen LogP contribution is -2.48. The third-order valence-electron chi connectivity index (χ3n) is 8.47. The van der Waals surface area contributed by atoms with E-state index in [0.717, 1.165) is 68.9 Å². The topological polar surface area (TPSA) is 60.2 Å². The van der Waals surface area contributed by atoms with Crippen LogP contribution in [0, 0.1) is 5.41 Å². The summed E-state index contributed by atoms with van der Waals surface area (Å²) in [5, 5.41) is 8.80. The van der Waals surface area contributed by atoms with Crippen molar-refractivity contribution < 1.29 is 9.53 Å². The van der Waals surface area contributed by atoms with Crippen molar-refractivity contribution in [1.29, 1.82) is 0 Å². The summed E-state index contributed by atoms with van der Waals surface area (Å²) in [6.07, 6.45) is 11.9. The van der Waals surface area contributed by atoms with E-state index in [0.29, 0.717) is 11.8 Å². The minimum Gasteiger partial charge on any atom is -0.497 e. The Hall–Kier alpha value is -2.37. The van der Waals surface area contributed by atoms with E-state index in [2.05, 4.69) is 38.7 Å². The number of hydrogen-bond donors (Lipinski definition) is 0. The number of rotatable bonds is 6. The molecule has 0 N–H and O–H groups in total. The highest BCUT2D eigenvalue weighted by molar-refractivity contribution is 5.89. The Bertz CT molecular complexity index is 941. The number of hydrogen-bond acceptors (Lipinski definition) is 4. The fourth-order valence-corrected chi connectivity index (χ4v) is 6.56. The van der Waals surface area contributed by atoms with Gasteiger partial charge in [0.1, 0.15) is 17.9 Å². The van der Waals surface area contributed by atoms with Crippen LogP contribution in [-0.4, -0.2) is 45.8 Å². The first-order chi connectivity index (χ1) is 15.6. The van der Waals surface area contributed by atoms with Gasteiger partial charge < -0.3 is 14.2 Å². The van der Waals surface area contributed by atoms with Gasteiger partial charge in [0.25, 0.3) is 0 Å². The van der Waals surface area contributed by atoms with Crippen molar-refractivity contribution >= 4 is 5.91 Å². The molecular weight excluding hydrogens is 400 g/mol. The van der Waals surface area contributed by atoms with Crippen LogP contribution in [0.1, 0.15) is 82.0 Å². The molecule has 1 unspecified atom stereocenters. The molecular formula is C26H36N4O2. The maximum absolute atomic E-state index is 14.3. The lowest BCUT2D eigenvalue weighted by Gasteiger charge is -2.43. The Morgan fingerprint density at radius 3 is 2.47 bits per heavy atom. The van der Waals surface area contributed by atoms with Crippen molar-refractivity contribution in [3.05, 3.63) is 42.0 Å². The molecule has 1 aromatic heterocycles. The molecule has 6 heteroatoms. The zero-order chi connectivity index (χ0) is 22.2. The quantitative estimate of drug-likeness (QED) is 0.659. The minimum atomic E-state index is -0.401. The summed E-state index contributed by atoms with van der Waals surface area (Å²) in [7, 11) is 1.69. The van der Waals surface area contributed by atoms with Gasteiger partial charge >= 0.3 is 0 Å². The van der Waals surface area contributed by atoms with Gasteiger partial charge in [-0.25, -0.2) is 0 Å². The van der Waals surface area contributed by atoms with Gasteiger partial charge in [0, 0.05) is 25.6 Å². The zero-order valence-corrected chi connectivity index (χ0v) is 19.6. The van der Waals surface area contributed by atoms with Crippen molar-refractivity contribution in [1.82, 2.24) is 19.7 Å². The van der Waals surface area contributed by atoms with Gasteiger partial charge in [-0.3, -0.25) is 4.79 Å². The minimum absolute atomic E-state index is 0.184. The highest BCUT2D eigenvalue weighted by Crippen LogP contribution is 2.56. The van der Waals surface area contributed by atoms with Crippen LogP contribution in [0.4, 0.5) is 0 Å². The fourth-order valence-electron chi connectivity index (χ4n) is 6.56. The van der Waals surface area contributed by atoms with Gasteiger partial charge in [-0.2, -0.15) is 0 Å². The van der Waals surface area contributed by atoms with E-state index in [1.165, 1.54) is 25.7 Å². The molecule has 2 aliphatic carbocycles. The third kappa shape index (κ3) is 3.43. The summed E-state index contributed by atoms with van der Waals surface area (Å²) in [6, 6.07) is 8.25. The van der Waals surface area contributed by atoms with Gasteiger partial charge in [0.2, 0.25) is 5.91 Å². The third-order valence-corrected chi connectivity index (χ3v) is 8.47. The van der Waals surface area contributed by atoms with Crippen LogP contribution in [0.15, 0.2) is 30.6 Å². The van der Waals surface area contributed by atoms with E-state index in [1.54, 1.807) is 7.11 Å². The van der Waals surface area contributed by atoms with E-state index in [4.69, 9.17) is 4.74 Å². The van der Waals surface area contributed by atoms with E-state index in [-0.39, 0.29) is 5.41 Å². The van der Waals surface area contributed by atoms with Crippen LogP contribution in [0.5, 0.6) is 5.75 Å². The SMILES string of the molecule is CCCn1cnnc1C1CN(C(=O)C2(c3ccc(OC)cc3)CCCCC2)CC12CCC2. The number of carbonyl (C=O) groups is 1. The second-order valence-corrected chi connectivity index (χ2v) is 10.2. The second-order valence-electron chi connectivity index (χ2n) is 10.2. The van der Waals surface area contributed by atoms with E-state index < -0.39 is 5.41 Å². The largest absolute Gasteiger partial charge is 0.497 e. The Morgan fingerprint density at radius 2 is 1.84 bits per heavy atom. The first kappa shape index (κ1) is 21.5. The molecule has 2 aromatic rings. The molecule has 1 amide bonds. The van der Waals surface area contributed by atoms with Crippen molar-refractivity contribution in [3.8, 4) is 5.75 Å². The molecule has 1 aromatic carbocycles. The Morgan fingerprint density at radius 1 is 1.09 bits per heavy atom. The first-order valence-electron chi connectivity index (χ1n) is 12.4. The monoisotopic (exact) mass is 436 g/mol. The van der Waals surface area contributed by atoms with Crippen molar-refractivity contribution in [3.63, 3.8) is 0 Å². The van der Waals surface area contributed by atoms with E-state index >= 15 is 0 Å². The molecule has 2 saturated carbocycles. The first-order valence-corrected chi connectivity index (χ1v) is 12.4. The number of carbonyl (C=O) groups excluding carboxylic acids is 1. The predicted molar refractivity (Wildman–Crippen MR) is 124 cm³/mol. The average molecular weight is 437 g/mol. The fraction of sp³-hybridized carbons (Fsp3) is 0.654. The number of aryl methyl sites for hydroxylation is 1. The van der Waals surface area contributed by atoms with Crippen LogP contribution in [0.3, 0.4) is 0 Å². The van der Waals surface area contributed by atoms with Gasteiger partial charge in [-0.1, -0.05) is 44.7 Å². The van der Waals surface area contributed by atoms with Crippen molar-refractivity contribution in [2.45, 2.75) is 82.6 Å². The molecule has 1 spiro atoms. The highest BCUT2D eigenvalue weighted by atomic mass is 16.5. The number of amides is 1. The summed E-state index contributed by atoms with van der Waals surface area (Å²) in [5.74, 6) is 2.56. The summed E-state index contributed by atoms with van der Waals surface area (Å²) in [4.78, 5) is 16.5. The summed E-state index contributed by atoms with van der Waals surface area (Å²) in [5.41, 5.74) is 0.939. The van der Waals surface area contributed by atoms with Crippen LogP contribution in [0.25, 0.3) is 0 Å². The molecule has 1 aliphatic heterocycles. The highest BCUT2D eigenvalue weighted by Gasteiger charge is 2.56. The Kier molecular flexibility index (Phi) is 5.72. The molecule has 1 atom stereocenters. The molecule has 3 aliphatic rings. The number of aromatic nitrogens is 3. The van der Waals surface area contributed by atoms with Crippen LogP contribution < -0.4 is 4.74 Å². The predicted octanol–water partition coefficient (Wildman–Crippen LogP) is 4.69. The van der Waals surface area contributed by atoms with Gasteiger partial charge in [-0.05, 0) is 55.2 Å². The maximum Gasteiger partial charge on any atom is 0.233 e. The maximum atomic E-state index is 14.3. The molecule has 2 heterocycles. The number of benzene rings is 1. The summed E-state index contributed by atoms with van der Waals surface area (Å²) in [6.45, 7) is 4.78. The number of likely N-dealkylation sites (tertiary alicyclic amines) is 1. The molecule has 3 fully saturated rings. The van der Waals surface area contributed by atoms with Crippen LogP contribution in [0.2, 0.25) is 0 Å². The van der Waals surface area contributed by atoms with Gasteiger partial charge in [0.05, 0.1) is 12.5 Å². The van der Waals surface area contributed by atoms with Gasteiger partial charge in [0.15, 0.2) is 0 Å². The normalized spacial score (nSPS) is 23.8. The van der Waals surface area contributed by atoms with Crippen molar-refractivity contribution in [2.75, 3.05) is 20.2 Å². The van der Waals surface area contributed by atoms with Crippen molar-refractivity contribution in [2.24, 2.45) is 5.41 Å². The lowest BCUT2D eigenvalue weighted by molar-refractivity contribution is -0.138. The van der Waals surface area contributed by atoms with E-state index in [9.17, 15) is 4.79 Å². The molecule has 0 radical (unpaired) electrons. The van der Waals surface area contributed by atoms with Crippen LogP contribution >= 0.6 is 0 Å². The Balaban J connectivity index is 1.46. The molecule has 0 bridgehead atoms. The number of methoxy groups -OCH3 is 1. The summed E-state index contributed by atoms with van der Waals surface area (Å²) >= 11 is 0. The lowest BCUT2D eigenvalue weighted by atomic mass is 9.62. The second kappa shape index (κ2) is 8.53. The zero-order valence-electron chi connectivity index (χ0n) is 19.6. The Labute approximate surface area is 191 Å². The molecule has 5 rings (SSSR count). The molecule has 32 heavy (non-hydrogen) atoms. The van der Waals surface area contributed by atoms with Crippen LogP contribution in [-0.2, 0) is 16.8 Å². The molecule has 6 nitrogen and oxygen atoms in total. The van der Waals surface area contributed by atoms with E-state index in [1.807, 2.05) is 18.5 Å². The average Bonchev–Trinajstić information content (AvgIpc) is 3.44. The smallest absolute Gasteiger partial charge is 0.233 e. The summed E-state index contributed by atoms with van der Waals surface area (Å²) < 4.78 is 7.60. The molecule has 1 saturated heterocycles. The number of nitrogens with zero attached hydrogens (tertiary/aromatic N) is 4. The molecule has 172 valence electrons. The standard InChI is InChI=1S/C26H36N4O2/c1-3-16-29-19-27-28-23(29)22-17-30(18-25(22)12-7-13-25)24(31)26(14-5-4-6-15-26)20-8-10-21(32-2)11-9-20/h8-11,19,22H,3-7,12-18H2,1-2H3.